The van der Waals surface area contributed by atoms with Gasteiger partial charge in [0.05, 0.1) is 6.21 Å². The Bertz CT molecular complexity index is 1020. The van der Waals surface area contributed by atoms with Gasteiger partial charge in [-0.3, -0.25) is 0 Å². The van der Waals surface area contributed by atoms with E-state index in [1.54, 1.807) is 6.21 Å². The molecule has 112 valence electrons. The number of para-hydroxylation sites is 1. The SMILES string of the molecule is Brc1cccc(C=NNc2nnc3c(n2)[nH]c2ccccc23)c1. The molecule has 4 rings (SSSR count). The van der Waals surface area contributed by atoms with E-state index in [4.69, 9.17) is 0 Å². The minimum atomic E-state index is 0.343. The molecule has 0 radical (unpaired) electrons. The average molecular weight is 367 g/mol. The zero-order valence-corrected chi connectivity index (χ0v) is 13.4. The lowest BCUT2D eigenvalue weighted by molar-refractivity contribution is 1.01. The molecule has 0 fully saturated rings. The van der Waals surface area contributed by atoms with Crippen LogP contribution in [-0.2, 0) is 0 Å². The van der Waals surface area contributed by atoms with E-state index in [1.807, 2.05) is 48.5 Å². The molecule has 23 heavy (non-hydrogen) atoms. The van der Waals surface area contributed by atoms with Crippen LogP contribution in [0.25, 0.3) is 22.1 Å². The molecule has 0 spiro atoms. The predicted octanol–water partition coefficient (Wildman–Crippen LogP) is 3.71. The van der Waals surface area contributed by atoms with Gasteiger partial charge in [0.2, 0.25) is 0 Å². The molecule has 6 nitrogen and oxygen atoms in total. The molecule has 2 heterocycles. The molecule has 0 atom stereocenters. The van der Waals surface area contributed by atoms with Crippen molar-refractivity contribution in [3.8, 4) is 0 Å². The van der Waals surface area contributed by atoms with Gasteiger partial charge >= 0.3 is 0 Å². The van der Waals surface area contributed by atoms with Gasteiger partial charge in [0.1, 0.15) is 5.52 Å². The number of H-pyrrole nitrogens is 1. The molecule has 0 saturated heterocycles. The maximum Gasteiger partial charge on any atom is 0.265 e. The highest BCUT2D eigenvalue weighted by molar-refractivity contribution is 9.10. The monoisotopic (exact) mass is 366 g/mol. The Morgan fingerprint density at radius 1 is 1.09 bits per heavy atom. The van der Waals surface area contributed by atoms with E-state index in [9.17, 15) is 0 Å². The van der Waals surface area contributed by atoms with Crippen LogP contribution in [0, 0.1) is 0 Å². The molecule has 0 unspecified atom stereocenters. The molecular weight excluding hydrogens is 356 g/mol. The number of rotatable bonds is 3. The first kappa shape index (κ1) is 13.8. The molecule has 0 bridgehead atoms. The summed E-state index contributed by atoms with van der Waals surface area (Å²) in [5.74, 6) is 0.343. The second-order valence-corrected chi connectivity index (χ2v) is 5.84. The van der Waals surface area contributed by atoms with Crippen LogP contribution in [0.15, 0.2) is 58.1 Å². The number of hydrogen-bond donors (Lipinski definition) is 2. The molecule has 2 aromatic heterocycles. The predicted molar refractivity (Wildman–Crippen MR) is 94.5 cm³/mol. The summed E-state index contributed by atoms with van der Waals surface area (Å²) in [6, 6.07) is 15.7. The first-order chi connectivity index (χ1) is 11.3. The summed E-state index contributed by atoms with van der Waals surface area (Å²) in [5.41, 5.74) is 6.18. The van der Waals surface area contributed by atoms with Crippen molar-refractivity contribution in [3.05, 3.63) is 58.6 Å². The number of nitrogens with zero attached hydrogens (tertiary/aromatic N) is 4. The van der Waals surface area contributed by atoms with Crippen molar-refractivity contribution in [1.82, 2.24) is 20.2 Å². The Labute approximate surface area is 139 Å². The number of hydrogen-bond acceptors (Lipinski definition) is 5. The number of halogens is 1. The van der Waals surface area contributed by atoms with Crippen LogP contribution in [0.1, 0.15) is 5.56 Å². The van der Waals surface area contributed by atoms with Gasteiger partial charge in [-0.1, -0.05) is 46.3 Å². The minimum absolute atomic E-state index is 0.343. The average Bonchev–Trinajstić information content (AvgIpc) is 2.92. The topological polar surface area (TPSA) is 78.8 Å². The number of aromatic nitrogens is 4. The lowest BCUT2D eigenvalue weighted by Gasteiger charge is -1.97. The zero-order valence-electron chi connectivity index (χ0n) is 11.9. The first-order valence-corrected chi connectivity index (χ1v) is 7.75. The van der Waals surface area contributed by atoms with E-state index in [-0.39, 0.29) is 0 Å². The van der Waals surface area contributed by atoms with E-state index >= 15 is 0 Å². The largest absolute Gasteiger partial charge is 0.338 e. The van der Waals surface area contributed by atoms with Crippen LogP contribution in [0.4, 0.5) is 5.95 Å². The molecular formula is C16H11BrN6. The van der Waals surface area contributed by atoms with E-state index in [1.165, 1.54) is 0 Å². The van der Waals surface area contributed by atoms with Crippen molar-refractivity contribution in [2.75, 3.05) is 5.43 Å². The van der Waals surface area contributed by atoms with Crippen molar-refractivity contribution in [3.63, 3.8) is 0 Å². The van der Waals surface area contributed by atoms with Gasteiger partial charge in [0.15, 0.2) is 5.65 Å². The highest BCUT2D eigenvalue weighted by Gasteiger charge is 2.07. The van der Waals surface area contributed by atoms with Crippen molar-refractivity contribution >= 4 is 50.2 Å². The van der Waals surface area contributed by atoms with E-state index in [2.05, 4.69) is 46.6 Å². The quantitative estimate of drug-likeness (QED) is 0.427. The lowest BCUT2D eigenvalue weighted by atomic mass is 10.2. The molecule has 0 aliphatic carbocycles. The smallest absolute Gasteiger partial charge is 0.265 e. The molecule has 0 amide bonds. The summed E-state index contributed by atoms with van der Waals surface area (Å²) >= 11 is 3.42. The Morgan fingerprint density at radius 3 is 2.91 bits per heavy atom. The second-order valence-electron chi connectivity index (χ2n) is 4.93. The Hall–Kier alpha value is -2.80. The van der Waals surface area contributed by atoms with Crippen molar-refractivity contribution in [2.24, 2.45) is 5.10 Å². The lowest BCUT2D eigenvalue weighted by Crippen LogP contribution is -1.98. The fourth-order valence-corrected chi connectivity index (χ4v) is 2.74. The van der Waals surface area contributed by atoms with Gasteiger partial charge in [-0.25, -0.2) is 5.43 Å². The highest BCUT2D eigenvalue weighted by atomic mass is 79.9. The highest BCUT2D eigenvalue weighted by Crippen LogP contribution is 2.21. The maximum atomic E-state index is 4.40. The summed E-state index contributed by atoms with van der Waals surface area (Å²) in [6.45, 7) is 0. The van der Waals surface area contributed by atoms with Crippen molar-refractivity contribution < 1.29 is 0 Å². The summed E-state index contributed by atoms with van der Waals surface area (Å²) in [4.78, 5) is 7.62. The maximum absolute atomic E-state index is 4.40. The third-order valence-corrected chi connectivity index (χ3v) is 3.84. The number of nitrogens with one attached hydrogen (secondary N) is 2. The standard InChI is InChI=1S/C16H11BrN6/c17-11-5-3-4-10(8-11)9-18-22-16-20-15-14(21-23-16)12-6-1-2-7-13(12)19-15/h1-9H,(H2,19,20,22,23). The van der Waals surface area contributed by atoms with Gasteiger partial charge in [-0.15, -0.1) is 10.2 Å². The van der Waals surface area contributed by atoms with Crippen LogP contribution < -0.4 is 5.43 Å². The summed E-state index contributed by atoms with van der Waals surface area (Å²) in [7, 11) is 0. The van der Waals surface area contributed by atoms with Crippen LogP contribution >= 0.6 is 15.9 Å². The normalized spacial score (nSPS) is 11.5. The zero-order chi connectivity index (χ0) is 15.6. The number of aromatic amines is 1. The van der Waals surface area contributed by atoms with E-state index in [0.29, 0.717) is 11.6 Å². The molecule has 7 heteroatoms. The number of benzene rings is 2. The van der Waals surface area contributed by atoms with E-state index in [0.717, 1.165) is 26.5 Å². The summed E-state index contributed by atoms with van der Waals surface area (Å²) in [5, 5.41) is 13.4. The summed E-state index contributed by atoms with van der Waals surface area (Å²) in [6.07, 6.45) is 1.70. The number of fused-ring (bicyclic) bond motifs is 3. The third-order valence-electron chi connectivity index (χ3n) is 3.35. The van der Waals surface area contributed by atoms with Crippen LogP contribution in [-0.4, -0.2) is 26.4 Å². The van der Waals surface area contributed by atoms with Crippen LogP contribution in [0.2, 0.25) is 0 Å². The Balaban J connectivity index is 1.61. The van der Waals surface area contributed by atoms with Gasteiger partial charge < -0.3 is 4.98 Å². The molecule has 2 N–H and O–H groups in total. The third kappa shape index (κ3) is 2.78. The van der Waals surface area contributed by atoms with Crippen molar-refractivity contribution in [1.29, 1.82) is 0 Å². The summed E-state index contributed by atoms with van der Waals surface area (Å²) < 4.78 is 0.999. The van der Waals surface area contributed by atoms with Crippen LogP contribution in [0.5, 0.6) is 0 Å². The van der Waals surface area contributed by atoms with Crippen molar-refractivity contribution in [2.45, 2.75) is 0 Å². The van der Waals surface area contributed by atoms with Gasteiger partial charge in [-0.05, 0) is 23.8 Å². The van der Waals surface area contributed by atoms with Gasteiger partial charge in [0, 0.05) is 15.4 Å². The fourth-order valence-electron chi connectivity index (χ4n) is 2.32. The Kier molecular flexibility index (Phi) is 3.47. The first-order valence-electron chi connectivity index (χ1n) is 6.95. The number of hydrazone groups is 1. The molecule has 0 aliphatic heterocycles. The van der Waals surface area contributed by atoms with E-state index < -0.39 is 0 Å². The molecule has 4 aromatic rings. The minimum Gasteiger partial charge on any atom is -0.338 e. The number of anilines is 1. The Morgan fingerprint density at radius 2 is 2.00 bits per heavy atom. The van der Waals surface area contributed by atoms with Crippen LogP contribution in [0.3, 0.4) is 0 Å². The molecule has 2 aromatic carbocycles. The molecule has 0 saturated carbocycles. The fraction of sp³-hybridized carbons (Fsp3) is 0. The second kappa shape index (κ2) is 5.77. The molecule has 0 aliphatic rings. The van der Waals surface area contributed by atoms with Gasteiger partial charge in [0.25, 0.3) is 5.95 Å². The van der Waals surface area contributed by atoms with Gasteiger partial charge in [-0.2, -0.15) is 10.1 Å².